The van der Waals surface area contributed by atoms with Gasteiger partial charge in [-0.1, -0.05) is 23.2 Å². The van der Waals surface area contributed by atoms with Gasteiger partial charge < -0.3 is 9.47 Å². The highest BCUT2D eigenvalue weighted by Crippen LogP contribution is 2.42. The topological polar surface area (TPSA) is 91.6 Å². The lowest BCUT2D eigenvalue weighted by Crippen LogP contribution is -2.15. The van der Waals surface area contributed by atoms with Crippen molar-refractivity contribution >= 4 is 34.7 Å². The van der Waals surface area contributed by atoms with Gasteiger partial charge in [0.05, 0.1) is 33.7 Å². The van der Waals surface area contributed by atoms with Crippen molar-refractivity contribution in [3.05, 3.63) is 55.8 Å². The second kappa shape index (κ2) is 9.41. The van der Waals surface area contributed by atoms with Gasteiger partial charge in [-0.15, -0.1) is 0 Å². The summed E-state index contributed by atoms with van der Waals surface area (Å²) in [5.41, 5.74) is 0.188. The summed E-state index contributed by atoms with van der Waals surface area (Å²) in [6.45, 7) is 0. The number of aromatic nitrogens is 1. The van der Waals surface area contributed by atoms with Crippen LogP contribution < -0.4 is 9.47 Å². The van der Waals surface area contributed by atoms with E-state index in [0.29, 0.717) is 15.6 Å². The number of ether oxygens (including phenoxy) is 2. The second-order valence-corrected chi connectivity index (χ2v) is 7.59. The highest BCUT2D eigenvalue weighted by atomic mass is 35.5. The summed E-state index contributed by atoms with van der Waals surface area (Å²) in [5, 5.41) is 12.5. The van der Waals surface area contributed by atoms with Crippen molar-refractivity contribution in [3.8, 4) is 11.5 Å². The van der Waals surface area contributed by atoms with E-state index >= 15 is 0 Å². The molecular formula is C20H20Cl2N2O5. The molecule has 0 radical (unpaired) electrons. The average Bonchev–Trinajstić information content (AvgIpc) is 3.20. The summed E-state index contributed by atoms with van der Waals surface area (Å²) in [5.74, 6) is -0.157. The molecule has 0 aliphatic heterocycles. The van der Waals surface area contributed by atoms with Gasteiger partial charge in [0.25, 0.3) is 0 Å². The number of hydrogen-bond donors (Lipinski definition) is 0. The monoisotopic (exact) mass is 438 g/mol. The molecule has 9 heteroatoms. The van der Waals surface area contributed by atoms with Crippen LogP contribution in [0.5, 0.6) is 11.5 Å². The molecule has 1 aromatic carbocycles. The highest BCUT2D eigenvalue weighted by molar-refractivity contribution is 6.35. The van der Waals surface area contributed by atoms with E-state index in [2.05, 4.69) is 4.98 Å². The molecule has 0 N–H and O–H groups in total. The molecule has 1 aromatic heterocycles. The van der Waals surface area contributed by atoms with E-state index in [1.54, 1.807) is 0 Å². The molecule has 0 atom stereocenters. The Hall–Kier alpha value is -2.38. The molecule has 3 rings (SSSR count). The largest absolute Gasteiger partial charge is 0.493 e. The van der Waals surface area contributed by atoms with E-state index < -0.39 is 10.7 Å². The number of hydrogen-bond acceptors (Lipinski definition) is 6. The maximum atomic E-state index is 12.9. The predicted molar refractivity (Wildman–Crippen MR) is 109 cm³/mol. The lowest BCUT2D eigenvalue weighted by atomic mass is 10.0. The number of carbonyl (C=O) groups is 1. The van der Waals surface area contributed by atoms with Crippen LogP contribution in [0.1, 0.15) is 48.0 Å². The molecule has 1 heterocycles. The van der Waals surface area contributed by atoms with Gasteiger partial charge in [0.2, 0.25) is 5.75 Å². The molecule has 1 saturated carbocycles. The van der Waals surface area contributed by atoms with Crippen molar-refractivity contribution in [1.29, 1.82) is 0 Å². The fourth-order valence-electron chi connectivity index (χ4n) is 3.46. The number of benzene rings is 1. The van der Waals surface area contributed by atoms with Gasteiger partial charge in [0.15, 0.2) is 11.5 Å². The Labute approximate surface area is 178 Å². The van der Waals surface area contributed by atoms with Gasteiger partial charge in [-0.2, -0.15) is 0 Å². The fourth-order valence-corrected chi connectivity index (χ4v) is 4.01. The van der Waals surface area contributed by atoms with Gasteiger partial charge >= 0.3 is 5.69 Å². The number of methoxy groups -OCH3 is 1. The first kappa shape index (κ1) is 21.3. The van der Waals surface area contributed by atoms with Gasteiger partial charge in [0.1, 0.15) is 0 Å². The van der Waals surface area contributed by atoms with Crippen molar-refractivity contribution in [1.82, 2.24) is 4.98 Å². The smallest absolute Gasteiger partial charge is 0.325 e. The SMILES string of the molecule is COc1ccc(C(=O)CCc2c(Cl)cncc2Cl)c([N+](=O)[O-])c1OC1CCCC1. The van der Waals surface area contributed by atoms with Crippen LogP contribution in [0, 0.1) is 10.1 Å². The Morgan fingerprint density at radius 3 is 2.48 bits per heavy atom. The molecule has 2 aromatic rings. The van der Waals surface area contributed by atoms with Crippen molar-refractivity contribution < 1.29 is 19.2 Å². The first-order valence-electron chi connectivity index (χ1n) is 9.25. The highest BCUT2D eigenvalue weighted by Gasteiger charge is 2.31. The minimum absolute atomic E-state index is 0.000505. The lowest BCUT2D eigenvalue weighted by Gasteiger charge is -2.17. The van der Waals surface area contributed by atoms with Crippen LogP contribution in [0.4, 0.5) is 5.69 Å². The number of nitro groups is 1. The van der Waals surface area contributed by atoms with Crippen molar-refractivity contribution in [2.75, 3.05) is 7.11 Å². The molecule has 1 fully saturated rings. The Bertz CT molecular complexity index is 909. The normalized spacial score (nSPS) is 14.0. The summed E-state index contributed by atoms with van der Waals surface area (Å²) in [6.07, 6.45) is 6.64. The molecule has 0 amide bonds. The molecule has 29 heavy (non-hydrogen) atoms. The Kier molecular flexibility index (Phi) is 6.92. The average molecular weight is 439 g/mol. The minimum atomic E-state index is -0.591. The quantitative estimate of drug-likeness (QED) is 0.309. The molecule has 7 nitrogen and oxygen atoms in total. The van der Waals surface area contributed by atoms with Crippen LogP contribution in [0.15, 0.2) is 24.5 Å². The first-order valence-corrected chi connectivity index (χ1v) is 10.0. The van der Waals surface area contributed by atoms with Crippen LogP contribution in [0.3, 0.4) is 0 Å². The molecular weight excluding hydrogens is 419 g/mol. The molecule has 0 unspecified atom stereocenters. The molecule has 0 bridgehead atoms. The van der Waals surface area contributed by atoms with Gasteiger partial charge in [0, 0.05) is 18.8 Å². The number of Topliss-reactive ketones (excluding diaryl/α,β-unsaturated/α-hetero) is 1. The van der Waals surface area contributed by atoms with Crippen molar-refractivity contribution in [2.45, 2.75) is 44.6 Å². The van der Waals surface area contributed by atoms with Crippen LogP contribution >= 0.6 is 23.2 Å². The van der Waals surface area contributed by atoms with Crippen molar-refractivity contribution in [2.24, 2.45) is 0 Å². The van der Waals surface area contributed by atoms with Gasteiger partial charge in [-0.05, 0) is 49.8 Å². The molecule has 0 spiro atoms. The third kappa shape index (κ3) is 4.79. The maximum absolute atomic E-state index is 12.9. The van der Waals surface area contributed by atoms with Gasteiger partial charge in [-0.25, -0.2) is 0 Å². The number of rotatable bonds is 8. The number of pyridine rings is 1. The van der Waals surface area contributed by atoms with E-state index in [1.165, 1.54) is 31.6 Å². The third-order valence-corrected chi connectivity index (χ3v) is 5.59. The van der Waals surface area contributed by atoms with E-state index in [1.807, 2.05) is 0 Å². The fraction of sp³-hybridized carbons (Fsp3) is 0.400. The van der Waals surface area contributed by atoms with Crippen LogP contribution in [-0.2, 0) is 6.42 Å². The second-order valence-electron chi connectivity index (χ2n) is 6.78. The first-order chi connectivity index (χ1) is 13.9. The zero-order valence-electron chi connectivity index (χ0n) is 15.8. The Balaban J connectivity index is 1.91. The van der Waals surface area contributed by atoms with Crippen molar-refractivity contribution in [3.63, 3.8) is 0 Å². The number of ketones is 1. The summed E-state index contributed by atoms with van der Waals surface area (Å²) in [6, 6.07) is 2.92. The molecule has 1 aliphatic rings. The van der Waals surface area contributed by atoms with Crippen LogP contribution in [0.25, 0.3) is 0 Å². The summed E-state index contributed by atoms with van der Waals surface area (Å²) in [7, 11) is 1.41. The number of nitro benzene ring substituents is 1. The predicted octanol–water partition coefficient (Wildman–Crippen LogP) is 5.44. The van der Waals surface area contributed by atoms with Gasteiger partial charge in [-0.3, -0.25) is 19.9 Å². The van der Waals surface area contributed by atoms with E-state index in [-0.39, 0.29) is 41.7 Å². The Morgan fingerprint density at radius 1 is 1.24 bits per heavy atom. The number of carbonyl (C=O) groups excluding carboxylic acids is 1. The summed E-state index contributed by atoms with van der Waals surface area (Å²) in [4.78, 5) is 28.0. The van der Waals surface area contributed by atoms with Crippen LogP contribution in [-0.4, -0.2) is 28.9 Å². The van der Waals surface area contributed by atoms with E-state index in [0.717, 1.165) is 25.7 Å². The zero-order valence-corrected chi connectivity index (χ0v) is 17.3. The van der Waals surface area contributed by atoms with E-state index in [9.17, 15) is 14.9 Å². The number of halogens is 2. The molecule has 154 valence electrons. The summed E-state index contributed by atoms with van der Waals surface area (Å²) < 4.78 is 11.2. The molecule has 1 aliphatic carbocycles. The third-order valence-electron chi connectivity index (χ3n) is 4.94. The van der Waals surface area contributed by atoms with E-state index in [4.69, 9.17) is 32.7 Å². The lowest BCUT2D eigenvalue weighted by molar-refractivity contribution is -0.386. The minimum Gasteiger partial charge on any atom is -0.493 e. The maximum Gasteiger partial charge on any atom is 0.325 e. The standard InChI is InChI=1S/C20H20Cl2N2O5/c1-28-18-9-7-14(17(25)8-6-13-15(21)10-23-11-16(13)22)19(24(26)27)20(18)29-12-4-2-3-5-12/h7,9-12H,2-6,8H2,1H3. The summed E-state index contributed by atoms with van der Waals surface area (Å²) >= 11 is 12.2. The zero-order chi connectivity index (χ0) is 21.0. The van der Waals surface area contributed by atoms with Crippen LogP contribution in [0.2, 0.25) is 10.0 Å². The molecule has 0 saturated heterocycles. The Morgan fingerprint density at radius 2 is 1.90 bits per heavy atom. The number of nitrogens with zero attached hydrogens (tertiary/aromatic N) is 2.